The highest BCUT2D eigenvalue weighted by Gasteiger charge is 2.32. The molecule has 2 heterocycles. The first-order chi connectivity index (χ1) is 10.6. The Kier molecular flexibility index (Phi) is 6.45. The number of hydrogen-bond acceptors (Lipinski definition) is 5. The zero-order chi connectivity index (χ0) is 15.9. The quantitative estimate of drug-likeness (QED) is 0.708. The third kappa shape index (κ3) is 5.31. The summed E-state index contributed by atoms with van der Waals surface area (Å²) >= 11 is 0. The van der Waals surface area contributed by atoms with Gasteiger partial charge in [-0.25, -0.2) is 4.98 Å². The van der Waals surface area contributed by atoms with E-state index >= 15 is 0 Å². The summed E-state index contributed by atoms with van der Waals surface area (Å²) in [4.78, 5) is 7.25. The Labute approximate surface area is 128 Å². The molecular weight excluding hydrogens is 291 g/mol. The molecule has 1 aromatic rings. The second-order valence-corrected chi connectivity index (χ2v) is 6.05. The van der Waals surface area contributed by atoms with Gasteiger partial charge in [0.25, 0.3) is 0 Å². The molecule has 0 aliphatic carbocycles. The second kappa shape index (κ2) is 8.81. The third-order valence-corrected chi connectivity index (χ3v) is 4.62. The molecule has 120 valence electrons. The molecule has 1 N–H and O–H groups in total. The molecule has 21 heavy (non-hydrogen) atoms. The van der Waals surface area contributed by atoms with Crippen LogP contribution in [0.15, 0.2) is 12.4 Å². The van der Waals surface area contributed by atoms with Crippen LogP contribution in [0, 0.1) is 0 Å². The van der Waals surface area contributed by atoms with E-state index in [1.165, 1.54) is 0 Å². The summed E-state index contributed by atoms with van der Waals surface area (Å²) in [6.07, 6.45) is 5.29. The van der Waals surface area contributed by atoms with Gasteiger partial charge in [-0.05, 0) is 20.3 Å². The van der Waals surface area contributed by atoms with Gasteiger partial charge in [0.2, 0.25) is 0 Å². The van der Waals surface area contributed by atoms with Crippen molar-refractivity contribution in [2.75, 3.05) is 13.2 Å². The van der Waals surface area contributed by atoms with Gasteiger partial charge in [0, 0.05) is 31.8 Å². The minimum absolute atomic E-state index is 0.0584. The van der Waals surface area contributed by atoms with Gasteiger partial charge < -0.3 is 23.3 Å². The average molecular weight is 318 g/mol. The van der Waals surface area contributed by atoms with E-state index in [9.17, 15) is 0 Å². The monoisotopic (exact) mass is 318 g/mol. The molecule has 0 bridgehead atoms. The van der Waals surface area contributed by atoms with Crippen LogP contribution in [-0.2, 0) is 24.7 Å². The van der Waals surface area contributed by atoms with Crippen LogP contribution in [0.5, 0.6) is 0 Å². The third-order valence-electron chi connectivity index (χ3n) is 3.17. The maximum Gasteiger partial charge on any atom is 0.333 e. The number of aromatic amines is 1. The fraction of sp³-hybridized carbons (Fsp3) is 0.786. The SMILES string of the molecule is [3H]C1C[C@@H](OP(OCC)O[C@@H](C)Cc2ncc[nH]2)[C@@H](CC)O1. The van der Waals surface area contributed by atoms with Gasteiger partial charge in [0.15, 0.2) is 0 Å². The molecule has 1 fully saturated rings. The number of nitrogens with zero attached hydrogens (tertiary/aromatic N) is 1. The van der Waals surface area contributed by atoms with Gasteiger partial charge in [-0.1, -0.05) is 6.92 Å². The number of rotatable bonds is 9. The van der Waals surface area contributed by atoms with Crippen LogP contribution in [0.4, 0.5) is 0 Å². The zero-order valence-electron chi connectivity index (χ0n) is 13.8. The van der Waals surface area contributed by atoms with Crippen molar-refractivity contribution in [3.05, 3.63) is 18.2 Å². The number of hydrogen-bond donors (Lipinski definition) is 1. The summed E-state index contributed by atoms with van der Waals surface area (Å²) in [6, 6.07) is 0. The Morgan fingerprint density at radius 3 is 3.14 bits per heavy atom. The minimum atomic E-state index is -1.45. The summed E-state index contributed by atoms with van der Waals surface area (Å²) in [7, 11) is -1.45. The normalized spacial score (nSPS) is 29.3. The molecule has 0 spiro atoms. The summed E-state index contributed by atoms with van der Waals surface area (Å²) in [5, 5.41) is 0. The number of ether oxygens (including phenoxy) is 1. The van der Waals surface area contributed by atoms with Crippen molar-refractivity contribution >= 4 is 8.60 Å². The molecule has 5 atom stereocenters. The Hall–Kier alpha value is -0.520. The zero-order valence-corrected chi connectivity index (χ0v) is 13.7. The Morgan fingerprint density at radius 1 is 1.62 bits per heavy atom. The molecule has 0 saturated carbocycles. The molecule has 0 radical (unpaired) electrons. The maximum absolute atomic E-state index is 7.73. The van der Waals surface area contributed by atoms with E-state index in [-0.39, 0.29) is 18.3 Å². The van der Waals surface area contributed by atoms with Crippen molar-refractivity contribution in [3.63, 3.8) is 0 Å². The molecule has 7 heteroatoms. The summed E-state index contributed by atoms with van der Waals surface area (Å²) in [5.74, 6) is 0.876. The molecule has 1 saturated heterocycles. The topological polar surface area (TPSA) is 65.6 Å². The molecule has 1 aromatic heterocycles. The van der Waals surface area contributed by atoms with Gasteiger partial charge in [-0.15, -0.1) is 0 Å². The van der Waals surface area contributed by atoms with E-state index in [1.807, 2.05) is 20.8 Å². The van der Waals surface area contributed by atoms with Crippen LogP contribution in [0.1, 0.15) is 40.8 Å². The standard InChI is InChI=1S/C14H25N2O4P/c1-4-12-13(6-9-17-12)20-21(18-5-2)19-11(3)10-14-15-7-8-16-14/h7-8,11-13H,4-6,9-10H2,1-3H3,(H,15,16)/t11-,12+,13+,21?/m0/s1/i9T/t9?,11-,12+,13+,21?. The highest BCUT2D eigenvalue weighted by molar-refractivity contribution is 7.41. The lowest BCUT2D eigenvalue weighted by Gasteiger charge is -2.24. The molecule has 6 nitrogen and oxygen atoms in total. The van der Waals surface area contributed by atoms with Crippen LogP contribution in [0.25, 0.3) is 0 Å². The number of nitrogens with one attached hydrogen (secondary N) is 1. The molecule has 2 unspecified atom stereocenters. The lowest BCUT2D eigenvalue weighted by Crippen LogP contribution is -2.23. The summed E-state index contributed by atoms with van der Waals surface area (Å²) in [5.41, 5.74) is 0. The fourth-order valence-corrected chi connectivity index (χ4v) is 3.34. The first-order valence-electron chi connectivity index (χ1n) is 8.02. The lowest BCUT2D eigenvalue weighted by molar-refractivity contribution is 0.0314. The Bertz CT molecular complexity index is 423. The first kappa shape index (κ1) is 15.4. The Morgan fingerprint density at radius 2 is 2.48 bits per heavy atom. The lowest BCUT2D eigenvalue weighted by atomic mass is 10.1. The molecule has 1 aliphatic rings. The average Bonchev–Trinajstić information content (AvgIpc) is 3.08. The predicted molar refractivity (Wildman–Crippen MR) is 80.9 cm³/mol. The van der Waals surface area contributed by atoms with Gasteiger partial charge in [-0.3, -0.25) is 0 Å². The van der Waals surface area contributed by atoms with Gasteiger partial charge in [0.1, 0.15) is 5.82 Å². The largest absolute Gasteiger partial charge is 0.375 e. The van der Waals surface area contributed by atoms with Crippen molar-refractivity contribution in [1.82, 2.24) is 9.97 Å². The number of H-pyrrole nitrogens is 1. The van der Waals surface area contributed by atoms with Gasteiger partial charge >= 0.3 is 8.60 Å². The number of aromatic nitrogens is 2. The van der Waals surface area contributed by atoms with E-state index < -0.39 is 15.2 Å². The molecule has 2 rings (SSSR count). The number of imidazole rings is 1. The Balaban J connectivity index is 1.86. The molecular formula is C14H25N2O4P. The highest BCUT2D eigenvalue weighted by atomic mass is 31.2. The van der Waals surface area contributed by atoms with Crippen molar-refractivity contribution < 1.29 is 19.7 Å². The molecule has 1 aliphatic heterocycles. The smallest absolute Gasteiger partial charge is 0.333 e. The van der Waals surface area contributed by atoms with Gasteiger partial charge in [-0.2, -0.15) is 0 Å². The summed E-state index contributed by atoms with van der Waals surface area (Å²) in [6.45, 7) is 5.91. The minimum Gasteiger partial charge on any atom is -0.375 e. The van der Waals surface area contributed by atoms with Crippen molar-refractivity contribution in [1.29, 1.82) is 0 Å². The van der Waals surface area contributed by atoms with Gasteiger partial charge in [0.05, 0.1) is 26.3 Å². The van der Waals surface area contributed by atoms with Crippen LogP contribution in [0.2, 0.25) is 0 Å². The maximum atomic E-state index is 7.73. The van der Waals surface area contributed by atoms with E-state index in [0.717, 1.165) is 12.2 Å². The summed E-state index contributed by atoms with van der Waals surface area (Å²) < 4.78 is 30.7. The van der Waals surface area contributed by atoms with E-state index in [2.05, 4.69) is 9.97 Å². The first-order valence-corrected chi connectivity index (χ1v) is 8.54. The van der Waals surface area contributed by atoms with E-state index in [0.29, 0.717) is 19.4 Å². The predicted octanol–water partition coefficient (Wildman–Crippen LogP) is 3.20. The highest BCUT2D eigenvalue weighted by Crippen LogP contribution is 2.45. The van der Waals surface area contributed by atoms with Crippen LogP contribution < -0.4 is 0 Å². The van der Waals surface area contributed by atoms with Crippen LogP contribution in [0.3, 0.4) is 0 Å². The van der Waals surface area contributed by atoms with Crippen LogP contribution >= 0.6 is 8.60 Å². The molecule has 0 amide bonds. The second-order valence-electron chi connectivity index (χ2n) is 4.93. The fourth-order valence-electron chi connectivity index (χ4n) is 2.15. The van der Waals surface area contributed by atoms with E-state index in [1.54, 1.807) is 12.4 Å². The van der Waals surface area contributed by atoms with Crippen LogP contribution in [-0.4, -0.2) is 41.5 Å². The van der Waals surface area contributed by atoms with Crippen molar-refractivity contribution in [2.45, 2.75) is 58.3 Å². The van der Waals surface area contributed by atoms with E-state index in [4.69, 9.17) is 19.7 Å². The molecule has 0 aromatic carbocycles. The van der Waals surface area contributed by atoms with Crippen molar-refractivity contribution in [2.24, 2.45) is 0 Å². The van der Waals surface area contributed by atoms with Crippen molar-refractivity contribution in [3.8, 4) is 0 Å².